The quantitative estimate of drug-likeness (QED) is 0.760. The lowest BCUT2D eigenvalue weighted by molar-refractivity contribution is 0.620. The van der Waals surface area contributed by atoms with E-state index in [1.807, 2.05) is 0 Å². The van der Waals surface area contributed by atoms with Crippen LogP contribution in [0.2, 0.25) is 0 Å². The van der Waals surface area contributed by atoms with E-state index in [0.29, 0.717) is 15.9 Å². The highest BCUT2D eigenvalue weighted by Gasteiger charge is 2.12. The van der Waals surface area contributed by atoms with Crippen LogP contribution in [-0.2, 0) is 12.4 Å². The summed E-state index contributed by atoms with van der Waals surface area (Å²) in [4.78, 5) is 4.36. The van der Waals surface area contributed by atoms with E-state index in [-0.39, 0.29) is 5.82 Å². The summed E-state index contributed by atoms with van der Waals surface area (Å²) in [5, 5.41) is 0. The van der Waals surface area contributed by atoms with Crippen molar-refractivity contribution in [3.8, 4) is 0 Å². The molecule has 17 heavy (non-hydrogen) atoms. The summed E-state index contributed by atoms with van der Waals surface area (Å²) in [5.74, 6) is 0.851. The van der Waals surface area contributed by atoms with Crippen LogP contribution in [0.5, 0.6) is 0 Å². The molecule has 0 saturated carbocycles. The van der Waals surface area contributed by atoms with Crippen LogP contribution < -0.4 is 0 Å². The van der Waals surface area contributed by atoms with Crippen molar-refractivity contribution in [3.63, 3.8) is 0 Å². The zero-order chi connectivity index (χ0) is 12.4. The highest BCUT2D eigenvalue weighted by Crippen LogP contribution is 2.25. The van der Waals surface area contributed by atoms with E-state index in [1.165, 1.54) is 6.07 Å². The minimum Gasteiger partial charge on any atom is -0.327 e. The number of hydrogen-bond donors (Lipinski definition) is 0. The molecule has 2 nitrogen and oxygen atoms in total. The van der Waals surface area contributed by atoms with Crippen LogP contribution in [0.4, 0.5) is 4.39 Å². The van der Waals surface area contributed by atoms with Crippen LogP contribution >= 0.6 is 27.5 Å². The average molecular weight is 320 g/mol. The Kier molecular flexibility index (Phi) is 4.05. The summed E-state index contributed by atoms with van der Waals surface area (Å²) in [5.41, 5.74) is 1.60. The number of rotatable bonds is 4. The molecule has 0 aliphatic heterocycles. The fourth-order valence-electron chi connectivity index (χ4n) is 1.84. The number of fused-ring (bicyclic) bond motifs is 1. The van der Waals surface area contributed by atoms with E-state index in [2.05, 4.69) is 32.4 Å². The molecule has 0 N–H and O–H groups in total. The normalized spacial score (nSPS) is 11.3. The second-order valence-electron chi connectivity index (χ2n) is 3.92. The van der Waals surface area contributed by atoms with E-state index in [9.17, 15) is 4.39 Å². The molecule has 1 aromatic heterocycles. The van der Waals surface area contributed by atoms with Crippen LogP contribution in [0.25, 0.3) is 11.0 Å². The maximum absolute atomic E-state index is 13.4. The number of alkyl halides is 1. The molecular weight excluding hydrogens is 307 g/mol. The number of hydrogen-bond acceptors (Lipinski definition) is 1. The van der Waals surface area contributed by atoms with Gasteiger partial charge in [0.15, 0.2) is 0 Å². The molecule has 0 fully saturated rings. The summed E-state index contributed by atoms with van der Waals surface area (Å²) in [7, 11) is 0. The average Bonchev–Trinajstić information content (AvgIpc) is 2.64. The largest absolute Gasteiger partial charge is 0.327 e. The standard InChI is InChI=1S/C12H13BrClFN2/c1-2-3-4-17-11-5-8(13)9(15)6-10(11)16-12(17)7-14/h5-6H,2-4,7H2,1H3. The van der Waals surface area contributed by atoms with E-state index in [0.717, 1.165) is 30.7 Å². The van der Waals surface area contributed by atoms with Gasteiger partial charge in [-0.3, -0.25) is 0 Å². The van der Waals surface area contributed by atoms with Crippen molar-refractivity contribution in [2.45, 2.75) is 32.2 Å². The maximum atomic E-state index is 13.4. The Morgan fingerprint density at radius 3 is 2.88 bits per heavy atom. The predicted molar refractivity (Wildman–Crippen MR) is 71.9 cm³/mol. The Hall–Kier alpha value is -0.610. The molecule has 0 spiro atoms. The Bertz CT molecular complexity index is 539. The third kappa shape index (κ3) is 2.47. The highest BCUT2D eigenvalue weighted by atomic mass is 79.9. The minimum atomic E-state index is -0.293. The molecule has 92 valence electrons. The molecule has 0 bridgehead atoms. The van der Waals surface area contributed by atoms with Gasteiger partial charge in [-0.2, -0.15) is 0 Å². The van der Waals surface area contributed by atoms with Crippen LogP contribution in [-0.4, -0.2) is 9.55 Å². The lowest BCUT2D eigenvalue weighted by atomic mass is 10.3. The molecule has 1 heterocycles. The van der Waals surface area contributed by atoms with Crippen molar-refractivity contribution < 1.29 is 4.39 Å². The summed E-state index contributed by atoms with van der Waals surface area (Å²) in [6, 6.07) is 3.21. The van der Waals surface area contributed by atoms with Gasteiger partial charge in [-0.1, -0.05) is 13.3 Å². The monoisotopic (exact) mass is 318 g/mol. The van der Waals surface area contributed by atoms with E-state index in [1.54, 1.807) is 6.07 Å². The van der Waals surface area contributed by atoms with E-state index in [4.69, 9.17) is 11.6 Å². The number of aryl methyl sites for hydroxylation is 1. The first-order chi connectivity index (χ1) is 8.17. The van der Waals surface area contributed by atoms with E-state index >= 15 is 0 Å². The fourth-order valence-corrected chi connectivity index (χ4v) is 2.37. The lowest BCUT2D eigenvalue weighted by Crippen LogP contribution is -2.02. The van der Waals surface area contributed by atoms with Gasteiger partial charge in [0.2, 0.25) is 0 Å². The van der Waals surface area contributed by atoms with Gasteiger partial charge in [0.25, 0.3) is 0 Å². The van der Waals surface area contributed by atoms with Crippen LogP contribution in [0.1, 0.15) is 25.6 Å². The van der Waals surface area contributed by atoms with Gasteiger partial charge in [0.1, 0.15) is 11.6 Å². The van der Waals surface area contributed by atoms with Gasteiger partial charge in [-0.05, 0) is 28.4 Å². The van der Waals surface area contributed by atoms with Crippen LogP contribution in [0.15, 0.2) is 16.6 Å². The van der Waals surface area contributed by atoms with Crippen molar-refractivity contribution in [1.82, 2.24) is 9.55 Å². The molecule has 0 unspecified atom stereocenters. The number of nitrogens with zero attached hydrogens (tertiary/aromatic N) is 2. The molecule has 0 aliphatic rings. The molecule has 0 amide bonds. The van der Waals surface area contributed by atoms with Crippen LogP contribution in [0.3, 0.4) is 0 Å². The maximum Gasteiger partial charge on any atom is 0.139 e. The first kappa shape index (κ1) is 12.8. The summed E-state index contributed by atoms with van der Waals surface area (Å²) in [6.45, 7) is 3.00. The van der Waals surface area contributed by atoms with Crippen molar-refractivity contribution in [2.24, 2.45) is 0 Å². The third-order valence-electron chi connectivity index (χ3n) is 2.72. The van der Waals surface area contributed by atoms with Crippen molar-refractivity contribution in [2.75, 3.05) is 0 Å². The van der Waals surface area contributed by atoms with Crippen molar-refractivity contribution in [1.29, 1.82) is 0 Å². The van der Waals surface area contributed by atoms with Gasteiger partial charge < -0.3 is 4.57 Å². The molecule has 0 atom stereocenters. The zero-order valence-electron chi connectivity index (χ0n) is 9.51. The van der Waals surface area contributed by atoms with Gasteiger partial charge in [0.05, 0.1) is 21.4 Å². The predicted octanol–water partition coefficient (Wildman–Crippen LogP) is 4.48. The SMILES string of the molecule is CCCCn1c(CCl)nc2cc(F)c(Br)cc21. The highest BCUT2D eigenvalue weighted by molar-refractivity contribution is 9.10. The van der Waals surface area contributed by atoms with E-state index < -0.39 is 0 Å². The molecule has 5 heteroatoms. The smallest absolute Gasteiger partial charge is 0.139 e. The molecule has 0 saturated heterocycles. The number of imidazole rings is 1. The molecule has 2 aromatic rings. The van der Waals surface area contributed by atoms with Crippen molar-refractivity contribution in [3.05, 3.63) is 28.2 Å². The summed E-state index contributed by atoms with van der Waals surface area (Å²) < 4.78 is 15.9. The van der Waals surface area contributed by atoms with Gasteiger partial charge in [0, 0.05) is 12.6 Å². The molecule has 1 aromatic carbocycles. The first-order valence-corrected chi connectivity index (χ1v) is 6.90. The number of halogens is 3. The molecule has 0 radical (unpaired) electrons. The summed E-state index contributed by atoms with van der Waals surface area (Å²) >= 11 is 9.07. The third-order valence-corrected chi connectivity index (χ3v) is 3.57. The Labute approximate surface area is 113 Å². The van der Waals surface area contributed by atoms with Gasteiger partial charge in [-0.15, -0.1) is 11.6 Å². The molecular formula is C12H13BrClFN2. The topological polar surface area (TPSA) is 17.8 Å². The second-order valence-corrected chi connectivity index (χ2v) is 5.04. The Morgan fingerprint density at radius 1 is 1.47 bits per heavy atom. The zero-order valence-corrected chi connectivity index (χ0v) is 11.9. The second kappa shape index (κ2) is 5.36. The van der Waals surface area contributed by atoms with Gasteiger partial charge in [-0.25, -0.2) is 9.37 Å². The Balaban J connectivity index is 2.57. The van der Waals surface area contributed by atoms with Crippen LogP contribution in [0, 0.1) is 5.82 Å². The number of benzene rings is 1. The fraction of sp³-hybridized carbons (Fsp3) is 0.417. The summed E-state index contributed by atoms with van der Waals surface area (Å²) in [6.07, 6.45) is 2.16. The Morgan fingerprint density at radius 2 is 2.24 bits per heavy atom. The number of aromatic nitrogens is 2. The lowest BCUT2D eigenvalue weighted by Gasteiger charge is -2.06. The first-order valence-electron chi connectivity index (χ1n) is 5.57. The minimum absolute atomic E-state index is 0.293. The molecule has 0 aliphatic carbocycles. The molecule has 2 rings (SSSR count). The van der Waals surface area contributed by atoms with Crippen molar-refractivity contribution >= 4 is 38.6 Å². The van der Waals surface area contributed by atoms with Gasteiger partial charge >= 0.3 is 0 Å². The number of unbranched alkanes of at least 4 members (excludes halogenated alkanes) is 1.